The number of carboxylic acids is 1. The van der Waals surface area contributed by atoms with Gasteiger partial charge < -0.3 is 20.5 Å². The largest absolute Gasteiger partial charge is 0.481 e. The van der Waals surface area contributed by atoms with Gasteiger partial charge in [-0.2, -0.15) is 0 Å². The van der Waals surface area contributed by atoms with Crippen LogP contribution >= 0.6 is 11.6 Å². The number of hydrogen-bond donors (Lipinski definition) is 3. The molecule has 0 aliphatic heterocycles. The number of carboxylic acid groups (broad SMARTS) is 1. The Morgan fingerprint density at radius 1 is 0.970 bits per heavy atom. The number of nitrogens with one attached hydrogen (secondary N) is 2. The number of Topliss-reactive ketones (excluding diaryl/α,β-unsaturated/α-hetero) is 2. The summed E-state index contributed by atoms with van der Waals surface area (Å²) in [6, 6.07) is 11.2. The first-order valence-corrected chi connectivity index (χ1v) is 9.97. The SMILES string of the molecule is O=C(O)CC(NC(=O)C(NC(=O)OCc1ccccc1)c1ccc(Cl)cc1)C(=O)C(=O)CF. The fourth-order valence-corrected chi connectivity index (χ4v) is 2.86. The number of carbonyl (C=O) groups is 5. The minimum absolute atomic E-state index is 0.0905. The second kappa shape index (κ2) is 12.3. The molecule has 11 heteroatoms. The van der Waals surface area contributed by atoms with Crippen LogP contribution in [0.25, 0.3) is 0 Å². The molecule has 2 unspecified atom stereocenters. The molecule has 0 radical (unpaired) electrons. The maximum absolute atomic E-state index is 12.9. The molecule has 2 rings (SSSR count). The third kappa shape index (κ3) is 8.00. The quantitative estimate of drug-likeness (QED) is 0.421. The molecule has 0 bridgehead atoms. The third-order valence-corrected chi connectivity index (χ3v) is 4.60. The van der Waals surface area contributed by atoms with E-state index >= 15 is 0 Å². The van der Waals surface area contributed by atoms with Crippen LogP contribution in [0.3, 0.4) is 0 Å². The molecular formula is C22H20ClFN2O7. The standard InChI is InChI=1S/C22H20ClFN2O7/c23-15-8-6-14(7-9-15)19(26-22(32)33-12-13-4-2-1-3-5-13)21(31)25-16(10-18(28)29)20(30)17(27)11-24/h1-9,16,19H,10-12H2,(H,25,31)(H,26,32)(H,28,29). The zero-order valence-electron chi connectivity index (χ0n) is 17.1. The average molecular weight is 479 g/mol. The van der Waals surface area contributed by atoms with Gasteiger partial charge in [0.25, 0.3) is 0 Å². The predicted molar refractivity (Wildman–Crippen MR) is 114 cm³/mol. The van der Waals surface area contributed by atoms with Crippen LogP contribution in [0.4, 0.5) is 9.18 Å². The Labute approximate surface area is 192 Å². The third-order valence-electron chi connectivity index (χ3n) is 4.35. The van der Waals surface area contributed by atoms with Crippen molar-refractivity contribution in [3.05, 3.63) is 70.7 Å². The van der Waals surface area contributed by atoms with E-state index < -0.39 is 54.7 Å². The number of halogens is 2. The summed E-state index contributed by atoms with van der Waals surface area (Å²) in [5.41, 5.74) is 0.920. The molecule has 0 saturated heterocycles. The normalized spacial score (nSPS) is 12.2. The monoisotopic (exact) mass is 478 g/mol. The van der Waals surface area contributed by atoms with Crippen molar-refractivity contribution in [1.82, 2.24) is 10.6 Å². The van der Waals surface area contributed by atoms with Gasteiger partial charge in [-0.05, 0) is 23.3 Å². The number of carbonyl (C=O) groups excluding carboxylic acids is 4. The number of ether oxygens (including phenoxy) is 1. The highest BCUT2D eigenvalue weighted by Gasteiger charge is 2.32. The lowest BCUT2D eigenvalue weighted by atomic mass is 10.0. The molecule has 2 amide bonds. The van der Waals surface area contributed by atoms with Crippen molar-refractivity contribution in [1.29, 1.82) is 0 Å². The lowest BCUT2D eigenvalue weighted by Gasteiger charge is -2.22. The molecular weight excluding hydrogens is 459 g/mol. The van der Waals surface area contributed by atoms with Gasteiger partial charge in [0.2, 0.25) is 17.5 Å². The highest BCUT2D eigenvalue weighted by molar-refractivity contribution is 6.40. The Bertz CT molecular complexity index is 1020. The lowest BCUT2D eigenvalue weighted by molar-refractivity contribution is -0.143. The Kier molecular flexibility index (Phi) is 9.49. The second-order valence-corrected chi connectivity index (χ2v) is 7.21. The van der Waals surface area contributed by atoms with Gasteiger partial charge in [-0.1, -0.05) is 54.1 Å². The number of alkyl carbamates (subject to hydrolysis) is 1. The topological polar surface area (TPSA) is 139 Å². The summed E-state index contributed by atoms with van der Waals surface area (Å²) < 4.78 is 17.7. The highest BCUT2D eigenvalue weighted by atomic mass is 35.5. The van der Waals surface area contributed by atoms with E-state index in [9.17, 15) is 28.4 Å². The van der Waals surface area contributed by atoms with Crippen molar-refractivity contribution in [3.63, 3.8) is 0 Å². The van der Waals surface area contributed by atoms with E-state index in [0.29, 0.717) is 10.6 Å². The molecule has 0 heterocycles. The fraction of sp³-hybridized carbons (Fsp3) is 0.227. The molecule has 0 aromatic heterocycles. The molecule has 0 aliphatic rings. The van der Waals surface area contributed by atoms with E-state index in [1.54, 1.807) is 30.3 Å². The molecule has 0 aliphatic carbocycles. The molecule has 0 spiro atoms. The number of ketones is 2. The molecule has 0 saturated carbocycles. The van der Waals surface area contributed by atoms with Gasteiger partial charge in [0.1, 0.15) is 18.7 Å². The predicted octanol–water partition coefficient (Wildman–Crippen LogP) is 2.37. The average Bonchev–Trinajstić information content (AvgIpc) is 2.80. The van der Waals surface area contributed by atoms with Crippen molar-refractivity contribution >= 4 is 41.1 Å². The summed E-state index contributed by atoms with van der Waals surface area (Å²) in [6.45, 7) is -1.73. The molecule has 2 atom stereocenters. The molecule has 2 aromatic rings. The second-order valence-electron chi connectivity index (χ2n) is 6.77. The minimum atomic E-state index is -1.82. The van der Waals surface area contributed by atoms with Crippen LogP contribution in [0.15, 0.2) is 54.6 Å². The first-order chi connectivity index (χ1) is 15.7. The van der Waals surface area contributed by atoms with Gasteiger partial charge in [-0.25, -0.2) is 9.18 Å². The van der Waals surface area contributed by atoms with Crippen LogP contribution in [0.5, 0.6) is 0 Å². The van der Waals surface area contributed by atoms with Gasteiger partial charge in [0.05, 0.1) is 6.42 Å². The van der Waals surface area contributed by atoms with E-state index in [4.69, 9.17) is 21.4 Å². The van der Waals surface area contributed by atoms with E-state index in [1.807, 2.05) is 0 Å². The summed E-state index contributed by atoms with van der Waals surface area (Å²) in [5.74, 6) is -5.41. The van der Waals surface area contributed by atoms with Crippen LogP contribution < -0.4 is 10.6 Å². The molecule has 33 heavy (non-hydrogen) atoms. The van der Waals surface area contributed by atoms with Crippen molar-refractivity contribution in [3.8, 4) is 0 Å². The van der Waals surface area contributed by atoms with Gasteiger partial charge >= 0.3 is 12.1 Å². The zero-order chi connectivity index (χ0) is 24.4. The number of rotatable bonds is 11. The first-order valence-electron chi connectivity index (χ1n) is 9.59. The van der Waals surface area contributed by atoms with Gasteiger partial charge in [0, 0.05) is 5.02 Å². The minimum Gasteiger partial charge on any atom is -0.481 e. The van der Waals surface area contributed by atoms with E-state index in [2.05, 4.69) is 10.6 Å². The summed E-state index contributed by atoms with van der Waals surface area (Å²) in [5, 5.41) is 13.8. The molecule has 9 nitrogen and oxygen atoms in total. The van der Waals surface area contributed by atoms with Gasteiger partial charge in [-0.3, -0.25) is 19.2 Å². The number of alkyl halides is 1. The van der Waals surface area contributed by atoms with Crippen LogP contribution in [0, 0.1) is 0 Å². The fourth-order valence-electron chi connectivity index (χ4n) is 2.74. The summed E-state index contributed by atoms with van der Waals surface area (Å²) in [7, 11) is 0. The maximum Gasteiger partial charge on any atom is 0.408 e. The van der Waals surface area contributed by atoms with Crippen molar-refractivity contribution in [2.24, 2.45) is 0 Å². The van der Waals surface area contributed by atoms with Crippen LogP contribution in [-0.2, 0) is 30.5 Å². The molecule has 174 valence electrons. The summed E-state index contributed by atoms with van der Waals surface area (Å²) in [4.78, 5) is 59.7. The van der Waals surface area contributed by atoms with E-state index in [-0.39, 0.29) is 12.2 Å². The molecule has 3 N–H and O–H groups in total. The number of hydrogen-bond acceptors (Lipinski definition) is 6. The summed E-state index contributed by atoms with van der Waals surface area (Å²) >= 11 is 5.86. The van der Waals surface area contributed by atoms with Crippen LogP contribution in [0.2, 0.25) is 5.02 Å². The first kappa shape index (κ1) is 25.5. The smallest absolute Gasteiger partial charge is 0.408 e. The number of benzene rings is 2. The number of aliphatic carboxylic acids is 1. The Balaban J connectivity index is 2.20. The Hall–Kier alpha value is -3.79. The van der Waals surface area contributed by atoms with E-state index in [0.717, 1.165) is 0 Å². The van der Waals surface area contributed by atoms with Gasteiger partial charge in [0.15, 0.2) is 6.67 Å². The van der Waals surface area contributed by atoms with Crippen LogP contribution in [-0.4, -0.2) is 47.4 Å². The highest BCUT2D eigenvalue weighted by Crippen LogP contribution is 2.18. The number of amides is 2. The van der Waals surface area contributed by atoms with Gasteiger partial charge in [-0.15, -0.1) is 0 Å². The summed E-state index contributed by atoms with van der Waals surface area (Å²) in [6.07, 6.45) is -1.93. The molecule has 2 aromatic carbocycles. The maximum atomic E-state index is 12.9. The van der Waals surface area contributed by atoms with Crippen molar-refractivity contribution in [2.45, 2.75) is 25.1 Å². The van der Waals surface area contributed by atoms with E-state index in [1.165, 1.54) is 24.3 Å². The van der Waals surface area contributed by atoms with Crippen molar-refractivity contribution < 1.29 is 38.2 Å². The van der Waals surface area contributed by atoms with Crippen LogP contribution in [0.1, 0.15) is 23.6 Å². The van der Waals surface area contributed by atoms with Crippen molar-refractivity contribution in [2.75, 3.05) is 6.67 Å². The lowest BCUT2D eigenvalue weighted by Crippen LogP contribution is -2.50. The molecule has 0 fully saturated rings. The Morgan fingerprint density at radius 2 is 1.61 bits per heavy atom. The zero-order valence-corrected chi connectivity index (χ0v) is 17.9. The Morgan fingerprint density at radius 3 is 2.18 bits per heavy atom.